The molecule has 0 amide bonds. The quantitative estimate of drug-likeness (QED) is 0.345. The topological polar surface area (TPSA) is 95.6 Å². The highest BCUT2D eigenvalue weighted by Crippen LogP contribution is 1.81. The molecule has 1 heterocycles. The second kappa shape index (κ2) is 2.30. The monoisotopic (exact) mass is 138 g/mol. The van der Waals surface area contributed by atoms with Crippen LogP contribution in [0.1, 0.15) is 5.69 Å². The fraction of sp³-hybridized carbons (Fsp3) is 0. The van der Waals surface area contributed by atoms with Crippen LogP contribution >= 0.6 is 0 Å². The molecule has 4 N–H and O–H groups in total. The van der Waals surface area contributed by atoms with Gasteiger partial charge in [-0.1, -0.05) is 0 Å². The number of nitrogen functional groups attached to an aromatic ring is 1. The Morgan fingerprint density at radius 1 is 1.80 bits per heavy atom. The summed E-state index contributed by atoms with van der Waals surface area (Å²) >= 11 is 0. The van der Waals surface area contributed by atoms with Crippen LogP contribution in [0, 0.1) is 5.41 Å². The summed E-state index contributed by atoms with van der Waals surface area (Å²) in [6, 6.07) is 1.17. The molecule has 0 fully saturated rings. The first-order valence-electron chi connectivity index (χ1n) is 2.59. The molecule has 0 aliphatic rings. The number of H-pyrrole nitrogens is 1. The zero-order chi connectivity index (χ0) is 7.56. The van der Waals surface area contributed by atoms with Crippen molar-refractivity contribution in [1.29, 1.82) is 5.41 Å². The Balaban J connectivity index is 3.20. The molecule has 1 aromatic heterocycles. The molecule has 0 saturated heterocycles. The zero-order valence-electron chi connectivity index (χ0n) is 5.09. The van der Waals surface area contributed by atoms with Gasteiger partial charge in [0.25, 0.3) is 5.56 Å². The van der Waals surface area contributed by atoms with E-state index in [0.717, 1.165) is 0 Å². The van der Waals surface area contributed by atoms with Gasteiger partial charge in [-0.25, -0.2) is 4.98 Å². The van der Waals surface area contributed by atoms with Gasteiger partial charge in [0.15, 0.2) is 0 Å². The van der Waals surface area contributed by atoms with Crippen molar-refractivity contribution in [3.8, 4) is 0 Å². The molecule has 0 unspecified atom stereocenters. The highest BCUT2D eigenvalue weighted by atomic mass is 16.1. The van der Waals surface area contributed by atoms with E-state index in [1.54, 1.807) is 0 Å². The number of hydrogen-bond acceptors (Lipinski definition) is 3. The van der Waals surface area contributed by atoms with Crippen molar-refractivity contribution in [3.05, 3.63) is 28.4 Å². The van der Waals surface area contributed by atoms with Crippen molar-refractivity contribution in [2.24, 2.45) is 5.73 Å². The average Bonchev–Trinajstić information content (AvgIpc) is 1.88. The summed E-state index contributed by atoms with van der Waals surface area (Å²) in [5.41, 5.74) is 4.94. The van der Waals surface area contributed by atoms with Crippen LogP contribution in [0.3, 0.4) is 0 Å². The third-order valence-corrected chi connectivity index (χ3v) is 0.954. The third kappa shape index (κ3) is 1.19. The molecule has 1 rings (SSSR count). The Labute approximate surface area is 56.4 Å². The van der Waals surface area contributed by atoms with Gasteiger partial charge in [-0.3, -0.25) is 10.2 Å². The van der Waals surface area contributed by atoms with E-state index in [-0.39, 0.29) is 17.1 Å². The summed E-state index contributed by atoms with van der Waals surface area (Å²) in [5.74, 6) is -0.203. The number of aromatic amines is 1. The first kappa shape index (κ1) is 6.47. The van der Waals surface area contributed by atoms with E-state index in [4.69, 9.17) is 11.1 Å². The van der Waals surface area contributed by atoms with E-state index in [1.807, 2.05) is 0 Å². The number of rotatable bonds is 1. The minimum absolute atomic E-state index is 0.198. The molecule has 0 aliphatic carbocycles. The van der Waals surface area contributed by atoms with Crippen LogP contribution in [0.5, 0.6) is 0 Å². The van der Waals surface area contributed by atoms with E-state index in [1.165, 1.54) is 12.4 Å². The molecule has 0 aromatic carbocycles. The van der Waals surface area contributed by atoms with Gasteiger partial charge in [-0.2, -0.15) is 0 Å². The van der Waals surface area contributed by atoms with Crippen molar-refractivity contribution in [2.45, 2.75) is 0 Å². The van der Waals surface area contributed by atoms with E-state index in [0.29, 0.717) is 0 Å². The Morgan fingerprint density at radius 3 is 2.90 bits per heavy atom. The van der Waals surface area contributed by atoms with Crippen LogP contribution in [-0.2, 0) is 0 Å². The van der Waals surface area contributed by atoms with Crippen molar-refractivity contribution in [3.63, 3.8) is 0 Å². The maximum atomic E-state index is 10.5. The van der Waals surface area contributed by atoms with Crippen molar-refractivity contribution >= 4 is 5.84 Å². The Hall–Kier alpha value is -1.65. The third-order valence-electron chi connectivity index (χ3n) is 0.954. The van der Waals surface area contributed by atoms with E-state index >= 15 is 0 Å². The normalized spacial score (nSPS) is 9.20. The maximum Gasteiger partial charge on any atom is 0.251 e. The van der Waals surface area contributed by atoms with Gasteiger partial charge in [0.05, 0.1) is 6.33 Å². The fourth-order valence-corrected chi connectivity index (χ4v) is 0.516. The molecule has 0 saturated carbocycles. The number of nitrogens with one attached hydrogen (secondary N) is 2. The molecule has 52 valence electrons. The van der Waals surface area contributed by atoms with Crippen molar-refractivity contribution in [2.75, 3.05) is 0 Å². The molecule has 0 spiro atoms. The molecule has 0 bridgehead atoms. The maximum absolute atomic E-state index is 10.5. The van der Waals surface area contributed by atoms with Crippen molar-refractivity contribution < 1.29 is 0 Å². The molecule has 0 atom stereocenters. The summed E-state index contributed by atoms with van der Waals surface area (Å²) in [4.78, 5) is 16.5. The molecular weight excluding hydrogens is 132 g/mol. The van der Waals surface area contributed by atoms with E-state index in [2.05, 4.69) is 9.97 Å². The summed E-state index contributed by atoms with van der Waals surface area (Å²) in [6.45, 7) is 0. The van der Waals surface area contributed by atoms with Crippen LogP contribution in [0.25, 0.3) is 0 Å². The van der Waals surface area contributed by atoms with E-state index in [9.17, 15) is 4.79 Å². The molecule has 5 nitrogen and oxygen atoms in total. The number of amidine groups is 1. The summed E-state index contributed by atoms with van der Waals surface area (Å²) < 4.78 is 0. The molecule has 0 radical (unpaired) electrons. The smallest absolute Gasteiger partial charge is 0.251 e. The van der Waals surface area contributed by atoms with Gasteiger partial charge >= 0.3 is 0 Å². The molecule has 0 aliphatic heterocycles. The number of aromatic nitrogens is 2. The minimum atomic E-state index is -0.305. The SMILES string of the molecule is N=C(N)c1cc(=O)[nH]cn1. The Morgan fingerprint density at radius 2 is 2.50 bits per heavy atom. The Bertz CT molecular complexity index is 303. The lowest BCUT2D eigenvalue weighted by Gasteiger charge is -1.91. The second-order valence-corrected chi connectivity index (χ2v) is 1.71. The summed E-state index contributed by atoms with van der Waals surface area (Å²) in [6.07, 6.45) is 1.21. The van der Waals surface area contributed by atoms with Crippen LogP contribution in [-0.4, -0.2) is 15.8 Å². The lowest BCUT2D eigenvalue weighted by atomic mass is 10.4. The van der Waals surface area contributed by atoms with Gasteiger partial charge in [-0.05, 0) is 0 Å². The van der Waals surface area contributed by atoms with Gasteiger partial charge in [0.2, 0.25) is 0 Å². The van der Waals surface area contributed by atoms with Crippen LogP contribution in [0.15, 0.2) is 17.2 Å². The molecular formula is C5H6N4O. The van der Waals surface area contributed by atoms with Gasteiger partial charge < -0.3 is 10.7 Å². The number of hydrogen-bond donors (Lipinski definition) is 3. The lowest BCUT2D eigenvalue weighted by Crippen LogP contribution is -2.17. The standard InChI is InChI=1S/C5H6N4O/c6-5(7)3-1-4(10)9-2-8-3/h1-2H,(H3,6,7)(H,8,9,10). The summed E-state index contributed by atoms with van der Waals surface area (Å²) in [5, 5.41) is 6.89. The average molecular weight is 138 g/mol. The largest absolute Gasteiger partial charge is 0.382 e. The van der Waals surface area contributed by atoms with Gasteiger partial charge in [0.1, 0.15) is 11.5 Å². The molecule has 5 heteroatoms. The number of nitrogens with zero attached hydrogens (tertiary/aromatic N) is 1. The first-order chi connectivity index (χ1) is 4.70. The second-order valence-electron chi connectivity index (χ2n) is 1.71. The number of nitrogens with two attached hydrogens (primary N) is 1. The van der Waals surface area contributed by atoms with Crippen LogP contribution in [0.2, 0.25) is 0 Å². The fourth-order valence-electron chi connectivity index (χ4n) is 0.516. The summed E-state index contributed by atoms with van der Waals surface area (Å²) in [7, 11) is 0. The molecule has 10 heavy (non-hydrogen) atoms. The van der Waals surface area contributed by atoms with Crippen molar-refractivity contribution in [1.82, 2.24) is 9.97 Å². The van der Waals surface area contributed by atoms with Crippen LogP contribution < -0.4 is 11.3 Å². The lowest BCUT2D eigenvalue weighted by molar-refractivity contribution is 1.10. The minimum Gasteiger partial charge on any atom is -0.382 e. The zero-order valence-corrected chi connectivity index (χ0v) is 5.09. The first-order valence-corrected chi connectivity index (χ1v) is 2.59. The molecule has 1 aromatic rings. The van der Waals surface area contributed by atoms with Crippen LogP contribution in [0.4, 0.5) is 0 Å². The predicted molar refractivity (Wildman–Crippen MR) is 35.9 cm³/mol. The highest BCUT2D eigenvalue weighted by molar-refractivity contribution is 5.92. The van der Waals surface area contributed by atoms with E-state index < -0.39 is 0 Å². The highest BCUT2D eigenvalue weighted by Gasteiger charge is 1.95. The van der Waals surface area contributed by atoms with Gasteiger partial charge in [0, 0.05) is 6.07 Å². The predicted octanol–water partition coefficient (Wildman–Crippen LogP) is -0.946. The Kier molecular flexibility index (Phi) is 1.49. The van der Waals surface area contributed by atoms with Gasteiger partial charge in [-0.15, -0.1) is 0 Å².